The maximum absolute atomic E-state index is 11.3. The van der Waals surface area contributed by atoms with Crippen molar-refractivity contribution in [3.63, 3.8) is 0 Å². The van der Waals surface area contributed by atoms with Gasteiger partial charge in [-0.1, -0.05) is 0 Å². The third-order valence-corrected chi connectivity index (χ3v) is 5.05. The summed E-state index contributed by atoms with van der Waals surface area (Å²) in [6.45, 7) is 4.74. The van der Waals surface area contributed by atoms with Gasteiger partial charge in [-0.15, -0.1) is 0 Å². The minimum atomic E-state index is -3.00. The Morgan fingerprint density at radius 1 is 1.19 bits per heavy atom. The molecule has 5 nitrogen and oxygen atoms in total. The van der Waals surface area contributed by atoms with Gasteiger partial charge in [0.15, 0.2) is 0 Å². The average Bonchev–Trinajstić information content (AvgIpc) is 2.98. The molecule has 2 aliphatic rings. The number of sulfonamides is 1. The molecule has 0 atom stereocenters. The summed E-state index contributed by atoms with van der Waals surface area (Å²) in [5.74, 6) is 0. The third-order valence-electron chi connectivity index (χ3n) is 3.75. The number of hydrogen-bond donors (Lipinski definition) is 1. The van der Waals surface area contributed by atoms with Crippen LogP contribution in [0.25, 0.3) is 0 Å². The van der Waals surface area contributed by atoms with Gasteiger partial charge in [0.05, 0.1) is 6.26 Å². The van der Waals surface area contributed by atoms with E-state index in [1.54, 1.807) is 4.31 Å². The van der Waals surface area contributed by atoms with E-state index in [9.17, 15) is 8.42 Å². The van der Waals surface area contributed by atoms with Gasteiger partial charge in [0.25, 0.3) is 0 Å². The minimum Gasteiger partial charge on any atom is -0.330 e. The molecule has 0 aromatic heterocycles. The molecule has 0 radical (unpaired) electrons. The van der Waals surface area contributed by atoms with E-state index in [-0.39, 0.29) is 0 Å². The standard InChI is InChI=1S/C10H21N3O2S/c1-16(14,15)13-6-4-12(5-7-13)9-10(8-11)2-3-10/h2-9,11H2,1H3. The summed E-state index contributed by atoms with van der Waals surface area (Å²) in [7, 11) is -3.00. The lowest BCUT2D eigenvalue weighted by molar-refractivity contribution is 0.160. The van der Waals surface area contributed by atoms with Crippen molar-refractivity contribution in [1.82, 2.24) is 9.21 Å². The lowest BCUT2D eigenvalue weighted by Crippen LogP contribution is -2.50. The normalized spacial score (nSPS) is 26.9. The van der Waals surface area contributed by atoms with Crippen LogP contribution in [0, 0.1) is 5.41 Å². The van der Waals surface area contributed by atoms with Gasteiger partial charge in [0, 0.05) is 32.7 Å². The second kappa shape index (κ2) is 4.25. The predicted octanol–water partition coefficient (Wildman–Crippen LogP) is -0.697. The maximum atomic E-state index is 11.3. The van der Waals surface area contributed by atoms with Crippen LogP contribution in [0.5, 0.6) is 0 Å². The van der Waals surface area contributed by atoms with Crippen molar-refractivity contribution in [2.45, 2.75) is 12.8 Å². The molecule has 2 rings (SSSR count). The van der Waals surface area contributed by atoms with Crippen molar-refractivity contribution >= 4 is 10.0 Å². The van der Waals surface area contributed by atoms with Crippen molar-refractivity contribution < 1.29 is 8.42 Å². The Labute approximate surface area is 97.6 Å². The molecule has 1 saturated heterocycles. The zero-order valence-electron chi connectivity index (χ0n) is 9.85. The molecule has 2 fully saturated rings. The summed E-state index contributed by atoms with van der Waals surface area (Å²) in [6, 6.07) is 0. The van der Waals surface area contributed by atoms with E-state index in [4.69, 9.17) is 5.73 Å². The Bertz CT molecular complexity index is 343. The molecule has 1 aliphatic heterocycles. The fraction of sp³-hybridized carbons (Fsp3) is 1.00. The first-order valence-corrected chi connectivity index (χ1v) is 7.68. The van der Waals surface area contributed by atoms with E-state index in [1.165, 1.54) is 19.1 Å². The summed E-state index contributed by atoms with van der Waals surface area (Å²) >= 11 is 0. The summed E-state index contributed by atoms with van der Waals surface area (Å²) in [5, 5.41) is 0. The highest BCUT2D eigenvalue weighted by Gasteiger charge is 2.42. The largest absolute Gasteiger partial charge is 0.330 e. The van der Waals surface area contributed by atoms with Crippen LogP contribution in [-0.4, -0.2) is 63.1 Å². The Morgan fingerprint density at radius 3 is 2.12 bits per heavy atom. The molecule has 1 aliphatic carbocycles. The Morgan fingerprint density at radius 2 is 1.75 bits per heavy atom. The fourth-order valence-corrected chi connectivity index (χ4v) is 3.12. The van der Waals surface area contributed by atoms with Crippen LogP contribution in [0.3, 0.4) is 0 Å². The molecule has 0 aromatic rings. The van der Waals surface area contributed by atoms with Gasteiger partial charge in [0.2, 0.25) is 10.0 Å². The van der Waals surface area contributed by atoms with Gasteiger partial charge in [-0.2, -0.15) is 4.31 Å². The average molecular weight is 247 g/mol. The van der Waals surface area contributed by atoms with E-state index in [1.807, 2.05) is 0 Å². The van der Waals surface area contributed by atoms with E-state index < -0.39 is 10.0 Å². The van der Waals surface area contributed by atoms with Gasteiger partial charge in [-0.05, 0) is 24.8 Å². The van der Waals surface area contributed by atoms with Crippen LogP contribution in [0.1, 0.15) is 12.8 Å². The molecule has 0 bridgehead atoms. The summed E-state index contributed by atoms with van der Waals surface area (Å²) in [5.41, 5.74) is 6.10. The van der Waals surface area contributed by atoms with Crippen molar-refractivity contribution in [1.29, 1.82) is 0 Å². The van der Waals surface area contributed by atoms with Crippen LogP contribution >= 0.6 is 0 Å². The van der Waals surface area contributed by atoms with Crippen LogP contribution in [-0.2, 0) is 10.0 Å². The molecule has 94 valence electrons. The second-order valence-corrected chi connectivity index (χ2v) is 7.12. The van der Waals surface area contributed by atoms with Gasteiger partial charge in [-0.3, -0.25) is 0 Å². The Balaban J connectivity index is 1.82. The smallest absolute Gasteiger partial charge is 0.211 e. The van der Waals surface area contributed by atoms with Crippen molar-refractivity contribution in [2.75, 3.05) is 45.5 Å². The van der Waals surface area contributed by atoms with Gasteiger partial charge in [-0.25, -0.2) is 8.42 Å². The SMILES string of the molecule is CS(=O)(=O)N1CCN(CC2(CN)CC2)CC1. The van der Waals surface area contributed by atoms with Crippen LogP contribution in [0.2, 0.25) is 0 Å². The molecule has 1 heterocycles. The molecule has 1 saturated carbocycles. The highest BCUT2D eigenvalue weighted by molar-refractivity contribution is 7.88. The molecule has 0 amide bonds. The zero-order chi connectivity index (χ0) is 11.8. The van der Waals surface area contributed by atoms with Crippen molar-refractivity contribution in [3.05, 3.63) is 0 Å². The van der Waals surface area contributed by atoms with Gasteiger partial charge in [0.1, 0.15) is 0 Å². The summed E-state index contributed by atoms with van der Waals surface area (Å²) in [4.78, 5) is 2.35. The van der Waals surface area contributed by atoms with E-state index in [0.717, 1.165) is 26.2 Å². The van der Waals surface area contributed by atoms with Crippen LogP contribution in [0.15, 0.2) is 0 Å². The first kappa shape index (κ1) is 12.3. The zero-order valence-corrected chi connectivity index (χ0v) is 10.7. The minimum absolute atomic E-state index is 0.354. The molecule has 0 unspecified atom stereocenters. The Kier molecular flexibility index (Phi) is 3.27. The maximum Gasteiger partial charge on any atom is 0.211 e. The lowest BCUT2D eigenvalue weighted by atomic mass is 10.1. The van der Waals surface area contributed by atoms with Crippen molar-refractivity contribution in [2.24, 2.45) is 11.1 Å². The number of hydrogen-bond acceptors (Lipinski definition) is 4. The first-order valence-electron chi connectivity index (χ1n) is 5.83. The topological polar surface area (TPSA) is 66.6 Å². The highest BCUT2D eigenvalue weighted by atomic mass is 32.2. The second-order valence-electron chi connectivity index (χ2n) is 5.14. The molecule has 6 heteroatoms. The molecular weight excluding hydrogens is 226 g/mol. The number of rotatable bonds is 4. The van der Waals surface area contributed by atoms with Crippen molar-refractivity contribution in [3.8, 4) is 0 Å². The molecule has 0 aromatic carbocycles. The monoisotopic (exact) mass is 247 g/mol. The van der Waals surface area contributed by atoms with E-state index >= 15 is 0 Å². The van der Waals surface area contributed by atoms with Crippen LogP contribution in [0.4, 0.5) is 0 Å². The summed E-state index contributed by atoms with van der Waals surface area (Å²) < 4.78 is 24.2. The third kappa shape index (κ3) is 2.74. The van der Waals surface area contributed by atoms with E-state index in [2.05, 4.69) is 4.90 Å². The number of nitrogens with two attached hydrogens (primary N) is 1. The highest BCUT2D eigenvalue weighted by Crippen LogP contribution is 2.45. The molecule has 2 N–H and O–H groups in total. The molecule has 0 spiro atoms. The number of piperazine rings is 1. The Hall–Kier alpha value is -0.170. The number of nitrogens with zero attached hydrogens (tertiary/aromatic N) is 2. The van der Waals surface area contributed by atoms with Gasteiger partial charge < -0.3 is 10.6 Å². The molecule has 16 heavy (non-hydrogen) atoms. The lowest BCUT2D eigenvalue weighted by Gasteiger charge is -2.35. The van der Waals surface area contributed by atoms with Gasteiger partial charge >= 0.3 is 0 Å². The first-order chi connectivity index (χ1) is 7.45. The molecular formula is C10H21N3O2S. The quantitative estimate of drug-likeness (QED) is 0.713. The summed E-state index contributed by atoms with van der Waals surface area (Å²) in [6.07, 6.45) is 3.75. The fourth-order valence-electron chi connectivity index (χ4n) is 2.30. The van der Waals surface area contributed by atoms with E-state index in [0.29, 0.717) is 18.5 Å². The van der Waals surface area contributed by atoms with Crippen LogP contribution < -0.4 is 5.73 Å². The predicted molar refractivity (Wildman–Crippen MR) is 63.6 cm³/mol.